The molecular weight excluding hydrogens is 290 g/mol. The van der Waals surface area contributed by atoms with Crippen molar-refractivity contribution in [3.05, 3.63) is 53.6 Å². The number of hydrogen-bond donors (Lipinski definition) is 0. The molecule has 5 heteroatoms. The summed E-state index contributed by atoms with van der Waals surface area (Å²) in [5.41, 5.74) is 3.84. The third-order valence-electron chi connectivity index (χ3n) is 3.46. The first kappa shape index (κ1) is 16.5. The molecule has 0 radical (unpaired) electrons. The molecule has 5 nitrogen and oxygen atoms in total. The Morgan fingerprint density at radius 1 is 0.826 bits per heavy atom. The van der Waals surface area contributed by atoms with E-state index in [4.69, 9.17) is 0 Å². The average molecular weight is 309 g/mol. The fourth-order valence-electron chi connectivity index (χ4n) is 2.21. The van der Waals surface area contributed by atoms with Gasteiger partial charge in [0.1, 0.15) is 0 Å². The molecule has 0 bridgehead atoms. The first-order chi connectivity index (χ1) is 10.9. The van der Waals surface area contributed by atoms with Crippen LogP contribution in [0, 0.1) is 13.8 Å². The highest BCUT2D eigenvalue weighted by atomic mass is 16.2. The number of aryl methyl sites for hydroxylation is 2. The number of imide groups is 1. The van der Waals surface area contributed by atoms with Gasteiger partial charge in [-0.25, -0.2) is 0 Å². The molecule has 0 N–H and O–H groups in total. The van der Waals surface area contributed by atoms with Gasteiger partial charge in [0.15, 0.2) is 0 Å². The highest BCUT2D eigenvalue weighted by Gasteiger charge is 2.17. The molecule has 118 valence electrons. The number of rotatable bonds is 3. The normalized spacial score (nSPS) is 10.8. The van der Waals surface area contributed by atoms with Gasteiger partial charge in [-0.15, -0.1) is 0 Å². The number of carbonyl (C=O) groups excluding carboxylic acids is 2. The molecule has 0 saturated carbocycles. The van der Waals surface area contributed by atoms with E-state index in [1.807, 2.05) is 44.2 Å². The van der Waals surface area contributed by atoms with Crippen molar-refractivity contribution in [1.82, 2.24) is 0 Å². The molecule has 2 aromatic carbocycles. The summed E-state index contributed by atoms with van der Waals surface area (Å²) in [5.74, 6) is -0.661. The third kappa shape index (κ3) is 3.88. The Morgan fingerprint density at radius 2 is 1.39 bits per heavy atom. The van der Waals surface area contributed by atoms with Crippen molar-refractivity contribution in [2.24, 2.45) is 10.2 Å². The lowest BCUT2D eigenvalue weighted by Crippen LogP contribution is -2.32. The van der Waals surface area contributed by atoms with Crippen LogP contribution in [0.3, 0.4) is 0 Å². The molecule has 2 rings (SSSR count). The molecule has 0 fully saturated rings. The minimum Gasteiger partial charge on any atom is -0.274 e. The summed E-state index contributed by atoms with van der Waals surface area (Å²) in [6, 6.07) is 12.9. The summed E-state index contributed by atoms with van der Waals surface area (Å²) in [6.07, 6.45) is 0. The summed E-state index contributed by atoms with van der Waals surface area (Å²) in [6.45, 7) is 6.58. The number of hydrogen-bond acceptors (Lipinski definition) is 4. The van der Waals surface area contributed by atoms with Crippen molar-refractivity contribution >= 4 is 28.9 Å². The van der Waals surface area contributed by atoms with Crippen molar-refractivity contribution in [3.8, 4) is 0 Å². The Hall–Kier alpha value is -2.82. The van der Waals surface area contributed by atoms with Gasteiger partial charge in [0, 0.05) is 13.8 Å². The Balaban J connectivity index is 2.40. The summed E-state index contributed by atoms with van der Waals surface area (Å²) in [5, 5.41) is 8.54. The Morgan fingerprint density at radius 3 is 2.00 bits per heavy atom. The van der Waals surface area contributed by atoms with E-state index in [2.05, 4.69) is 10.2 Å². The van der Waals surface area contributed by atoms with Gasteiger partial charge < -0.3 is 0 Å². The van der Waals surface area contributed by atoms with Gasteiger partial charge in [-0.3, -0.25) is 14.5 Å². The standard InChI is InChI=1S/C18H19N3O2/c1-12-7-5-6-8-17(12)19-20-18-11-16(10-9-13(18)2)21(14(3)22)15(4)23/h5-11H,1-4H3. The van der Waals surface area contributed by atoms with Crippen LogP contribution in [0.5, 0.6) is 0 Å². The van der Waals surface area contributed by atoms with Crippen LogP contribution in [0.25, 0.3) is 0 Å². The van der Waals surface area contributed by atoms with Crippen LogP contribution in [-0.2, 0) is 9.59 Å². The van der Waals surface area contributed by atoms with Gasteiger partial charge in [0.2, 0.25) is 11.8 Å². The number of anilines is 1. The van der Waals surface area contributed by atoms with Gasteiger partial charge in [0.25, 0.3) is 0 Å². The molecule has 0 spiro atoms. The molecule has 2 aromatic rings. The zero-order valence-electron chi connectivity index (χ0n) is 13.7. The zero-order chi connectivity index (χ0) is 17.0. The van der Waals surface area contributed by atoms with E-state index >= 15 is 0 Å². The molecule has 0 aliphatic carbocycles. The van der Waals surface area contributed by atoms with Crippen molar-refractivity contribution < 1.29 is 9.59 Å². The molecule has 2 amide bonds. The maximum atomic E-state index is 11.7. The summed E-state index contributed by atoms with van der Waals surface area (Å²) in [7, 11) is 0. The lowest BCUT2D eigenvalue weighted by Gasteiger charge is -2.17. The molecule has 0 aliphatic heterocycles. The second kappa shape index (κ2) is 6.96. The Kier molecular flexibility index (Phi) is 5.01. The zero-order valence-corrected chi connectivity index (χ0v) is 13.7. The Bertz CT molecular complexity index is 768. The first-order valence-electron chi connectivity index (χ1n) is 7.29. The lowest BCUT2D eigenvalue weighted by atomic mass is 10.1. The van der Waals surface area contributed by atoms with Gasteiger partial charge in [-0.2, -0.15) is 10.2 Å². The molecular formula is C18H19N3O2. The maximum Gasteiger partial charge on any atom is 0.230 e. The predicted molar refractivity (Wildman–Crippen MR) is 90.4 cm³/mol. The van der Waals surface area contributed by atoms with Gasteiger partial charge in [-0.1, -0.05) is 24.3 Å². The van der Waals surface area contributed by atoms with E-state index in [-0.39, 0.29) is 11.8 Å². The topological polar surface area (TPSA) is 62.1 Å². The summed E-state index contributed by atoms with van der Waals surface area (Å²) < 4.78 is 0. The highest BCUT2D eigenvalue weighted by Crippen LogP contribution is 2.28. The van der Waals surface area contributed by atoms with Crippen molar-refractivity contribution in [3.63, 3.8) is 0 Å². The molecule has 0 atom stereocenters. The van der Waals surface area contributed by atoms with Crippen LogP contribution in [0.4, 0.5) is 17.1 Å². The quantitative estimate of drug-likeness (QED) is 0.777. The minimum absolute atomic E-state index is 0.330. The maximum absolute atomic E-state index is 11.7. The lowest BCUT2D eigenvalue weighted by molar-refractivity contribution is -0.124. The largest absolute Gasteiger partial charge is 0.274 e. The number of nitrogens with zero attached hydrogens (tertiary/aromatic N) is 3. The number of carbonyl (C=O) groups is 2. The van der Waals surface area contributed by atoms with E-state index in [1.54, 1.807) is 12.1 Å². The van der Waals surface area contributed by atoms with Crippen LogP contribution in [0.15, 0.2) is 52.7 Å². The molecule has 0 aliphatic rings. The molecule has 0 saturated heterocycles. The summed E-state index contributed by atoms with van der Waals surface area (Å²) >= 11 is 0. The molecule has 23 heavy (non-hydrogen) atoms. The van der Waals surface area contributed by atoms with E-state index in [9.17, 15) is 9.59 Å². The van der Waals surface area contributed by atoms with Crippen LogP contribution in [0.2, 0.25) is 0 Å². The third-order valence-corrected chi connectivity index (χ3v) is 3.46. The van der Waals surface area contributed by atoms with Crippen LogP contribution in [0.1, 0.15) is 25.0 Å². The second-order valence-electron chi connectivity index (χ2n) is 5.33. The van der Waals surface area contributed by atoms with E-state index in [0.717, 1.165) is 21.7 Å². The van der Waals surface area contributed by atoms with E-state index < -0.39 is 0 Å². The monoisotopic (exact) mass is 309 g/mol. The fourth-order valence-corrected chi connectivity index (χ4v) is 2.21. The van der Waals surface area contributed by atoms with Crippen LogP contribution >= 0.6 is 0 Å². The first-order valence-corrected chi connectivity index (χ1v) is 7.29. The second-order valence-corrected chi connectivity index (χ2v) is 5.33. The summed E-state index contributed by atoms with van der Waals surface area (Å²) in [4.78, 5) is 24.4. The fraction of sp³-hybridized carbons (Fsp3) is 0.222. The van der Waals surface area contributed by atoms with Gasteiger partial charge in [0.05, 0.1) is 17.1 Å². The Labute approximate surface area is 135 Å². The predicted octanol–water partition coefficient (Wildman–Crippen LogP) is 4.62. The number of azo groups is 1. The van der Waals surface area contributed by atoms with Gasteiger partial charge >= 0.3 is 0 Å². The van der Waals surface area contributed by atoms with E-state index in [0.29, 0.717) is 11.4 Å². The van der Waals surface area contributed by atoms with E-state index in [1.165, 1.54) is 13.8 Å². The molecule has 0 heterocycles. The minimum atomic E-state index is -0.330. The van der Waals surface area contributed by atoms with Crippen LogP contribution < -0.4 is 4.90 Å². The average Bonchev–Trinajstić information content (AvgIpc) is 2.48. The molecule has 0 unspecified atom stereocenters. The smallest absolute Gasteiger partial charge is 0.230 e. The van der Waals surface area contributed by atoms with Crippen LogP contribution in [-0.4, -0.2) is 11.8 Å². The van der Waals surface area contributed by atoms with Gasteiger partial charge in [-0.05, 0) is 43.2 Å². The molecule has 0 aromatic heterocycles. The SMILES string of the molecule is CC(=O)N(C(C)=O)c1ccc(C)c(N=Nc2ccccc2C)c1. The highest BCUT2D eigenvalue weighted by molar-refractivity contribution is 6.13. The van der Waals surface area contributed by atoms with Crippen molar-refractivity contribution in [1.29, 1.82) is 0 Å². The van der Waals surface area contributed by atoms with Crippen molar-refractivity contribution in [2.45, 2.75) is 27.7 Å². The number of amides is 2. The number of benzene rings is 2. The van der Waals surface area contributed by atoms with Crippen molar-refractivity contribution in [2.75, 3.05) is 4.90 Å².